The fraction of sp³-hybridized carbons (Fsp3) is 0. The molecule has 2 aromatic carbocycles. The Morgan fingerprint density at radius 3 is 2.05 bits per heavy atom. The Labute approximate surface area is 107 Å². The van der Waals surface area contributed by atoms with Crippen LogP contribution < -0.4 is 0 Å². The fourth-order valence-corrected chi connectivity index (χ4v) is 1.74. The summed E-state index contributed by atoms with van der Waals surface area (Å²) in [5, 5.41) is 17.8. The third-order valence-electron chi connectivity index (χ3n) is 2.65. The number of aromatic carboxylic acids is 2. The number of benzene rings is 2. The third-order valence-corrected chi connectivity index (χ3v) is 2.65. The van der Waals surface area contributed by atoms with Crippen LogP contribution >= 0.6 is 0 Å². The highest BCUT2D eigenvalue weighted by Crippen LogP contribution is 2.25. The lowest BCUT2D eigenvalue weighted by atomic mass is 9.98. The van der Waals surface area contributed by atoms with Crippen LogP contribution in [0.2, 0.25) is 0 Å². The van der Waals surface area contributed by atoms with Gasteiger partial charge in [0.05, 0.1) is 11.1 Å². The molecule has 0 fully saturated rings. The largest absolute Gasteiger partial charge is 0.478 e. The smallest absolute Gasteiger partial charge is 0.336 e. The SMILES string of the molecule is O=C(O)c1ccc(-c2ccc(F)cc2C(=O)O)cc1. The summed E-state index contributed by atoms with van der Waals surface area (Å²) < 4.78 is 13.1. The number of rotatable bonds is 3. The van der Waals surface area contributed by atoms with E-state index in [2.05, 4.69) is 0 Å². The minimum Gasteiger partial charge on any atom is -0.478 e. The number of carboxylic acids is 2. The Hall–Kier alpha value is -2.69. The molecule has 2 rings (SSSR count). The fourth-order valence-electron chi connectivity index (χ4n) is 1.74. The molecule has 0 aromatic heterocycles. The number of halogens is 1. The van der Waals surface area contributed by atoms with Gasteiger partial charge in [0, 0.05) is 0 Å². The maximum atomic E-state index is 13.1. The van der Waals surface area contributed by atoms with Crippen molar-refractivity contribution in [1.29, 1.82) is 0 Å². The zero-order chi connectivity index (χ0) is 14.0. The van der Waals surface area contributed by atoms with Crippen molar-refractivity contribution in [3.8, 4) is 11.1 Å². The first-order chi connectivity index (χ1) is 8.99. The van der Waals surface area contributed by atoms with Crippen molar-refractivity contribution in [3.63, 3.8) is 0 Å². The van der Waals surface area contributed by atoms with Crippen LogP contribution in [0.25, 0.3) is 11.1 Å². The Morgan fingerprint density at radius 2 is 1.53 bits per heavy atom. The highest BCUT2D eigenvalue weighted by molar-refractivity contribution is 5.96. The summed E-state index contributed by atoms with van der Waals surface area (Å²) in [7, 11) is 0. The van der Waals surface area contributed by atoms with Crippen molar-refractivity contribution in [2.24, 2.45) is 0 Å². The van der Waals surface area contributed by atoms with Crippen LogP contribution in [0.3, 0.4) is 0 Å². The molecule has 0 atom stereocenters. The van der Waals surface area contributed by atoms with Gasteiger partial charge in [0.1, 0.15) is 5.82 Å². The summed E-state index contributed by atoms with van der Waals surface area (Å²) in [4.78, 5) is 21.8. The lowest BCUT2D eigenvalue weighted by Gasteiger charge is -2.07. The number of carbonyl (C=O) groups is 2. The predicted molar refractivity (Wildman–Crippen MR) is 65.8 cm³/mol. The maximum Gasteiger partial charge on any atom is 0.336 e. The first-order valence-electron chi connectivity index (χ1n) is 5.35. The second-order valence-electron chi connectivity index (χ2n) is 3.88. The average Bonchev–Trinajstić information content (AvgIpc) is 2.38. The Balaban J connectivity index is 2.52. The van der Waals surface area contributed by atoms with Gasteiger partial charge in [0.15, 0.2) is 0 Å². The summed E-state index contributed by atoms with van der Waals surface area (Å²) in [6, 6.07) is 9.16. The van der Waals surface area contributed by atoms with Crippen molar-refractivity contribution >= 4 is 11.9 Å². The van der Waals surface area contributed by atoms with E-state index in [1.165, 1.54) is 30.3 Å². The van der Waals surface area contributed by atoms with Crippen LogP contribution in [0, 0.1) is 5.82 Å². The molecule has 19 heavy (non-hydrogen) atoms. The Kier molecular flexibility index (Phi) is 3.29. The van der Waals surface area contributed by atoms with Crippen LogP contribution in [-0.2, 0) is 0 Å². The molecule has 2 N–H and O–H groups in total. The molecule has 0 saturated carbocycles. The van der Waals surface area contributed by atoms with Gasteiger partial charge in [-0.3, -0.25) is 0 Å². The van der Waals surface area contributed by atoms with Crippen molar-refractivity contribution in [2.45, 2.75) is 0 Å². The molecule has 0 aliphatic heterocycles. The van der Waals surface area contributed by atoms with Gasteiger partial charge in [-0.15, -0.1) is 0 Å². The summed E-state index contributed by atoms with van der Waals surface area (Å²) >= 11 is 0. The molecule has 0 heterocycles. The minimum absolute atomic E-state index is 0.0998. The molecule has 0 radical (unpaired) electrons. The molecule has 0 spiro atoms. The first-order valence-corrected chi connectivity index (χ1v) is 5.35. The minimum atomic E-state index is -1.24. The van der Waals surface area contributed by atoms with Crippen molar-refractivity contribution < 1.29 is 24.2 Å². The molecule has 0 saturated heterocycles. The molecule has 0 amide bonds. The second-order valence-corrected chi connectivity index (χ2v) is 3.88. The molecule has 5 heteroatoms. The maximum absolute atomic E-state index is 13.1. The average molecular weight is 260 g/mol. The van der Waals surface area contributed by atoms with Gasteiger partial charge in [-0.1, -0.05) is 18.2 Å². The van der Waals surface area contributed by atoms with Crippen LogP contribution in [0.15, 0.2) is 42.5 Å². The molecule has 0 aliphatic carbocycles. The van der Waals surface area contributed by atoms with Crippen molar-refractivity contribution in [2.75, 3.05) is 0 Å². The summed E-state index contributed by atoms with van der Waals surface area (Å²) in [6.45, 7) is 0. The molecular formula is C14H9FO4. The molecule has 0 aliphatic rings. The Morgan fingerprint density at radius 1 is 0.895 bits per heavy atom. The third kappa shape index (κ3) is 2.60. The lowest BCUT2D eigenvalue weighted by molar-refractivity contribution is 0.0686. The van der Waals surface area contributed by atoms with E-state index in [-0.39, 0.29) is 11.1 Å². The normalized spacial score (nSPS) is 10.2. The second kappa shape index (κ2) is 4.89. The zero-order valence-corrected chi connectivity index (χ0v) is 9.63. The van der Waals surface area contributed by atoms with Crippen molar-refractivity contribution in [3.05, 3.63) is 59.4 Å². The van der Waals surface area contributed by atoms with E-state index >= 15 is 0 Å². The van der Waals surface area contributed by atoms with E-state index in [1.54, 1.807) is 0 Å². The van der Waals surface area contributed by atoms with E-state index in [0.29, 0.717) is 11.1 Å². The topological polar surface area (TPSA) is 74.6 Å². The van der Waals surface area contributed by atoms with Gasteiger partial charge in [-0.2, -0.15) is 0 Å². The quantitative estimate of drug-likeness (QED) is 0.889. The van der Waals surface area contributed by atoms with Crippen LogP contribution in [0.4, 0.5) is 4.39 Å². The van der Waals surface area contributed by atoms with E-state index in [4.69, 9.17) is 10.2 Å². The molecule has 0 unspecified atom stereocenters. The number of carboxylic acid groups (broad SMARTS) is 2. The number of hydrogen-bond acceptors (Lipinski definition) is 2. The summed E-state index contributed by atoms with van der Waals surface area (Å²) in [5.41, 5.74) is 0.791. The molecule has 2 aromatic rings. The summed E-state index contributed by atoms with van der Waals surface area (Å²) in [6.07, 6.45) is 0. The van der Waals surface area contributed by atoms with Crippen LogP contribution in [0.1, 0.15) is 20.7 Å². The van der Waals surface area contributed by atoms with Gasteiger partial charge in [0.25, 0.3) is 0 Å². The van der Waals surface area contributed by atoms with Gasteiger partial charge in [-0.05, 0) is 35.4 Å². The van der Waals surface area contributed by atoms with Crippen LogP contribution in [0.5, 0.6) is 0 Å². The van der Waals surface area contributed by atoms with Crippen molar-refractivity contribution in [1.82, 2.24) is 0 Å². The lowest BCUT2D eigenvalue weighted by Crippen LogP contribution is -2.01. The Bertz CT molecular complexity index is 647. The summed E-state index contributed by atoms with van der Waals surface area (Å²) in [5.74, 6) is -2.94. The molecule has 96 valence electrons. The van der Waals surface area contributed by atoms with E-state index in [1.807, 2.05) is 0 Å². The van der Waals surface area contributed by atoms with Gasteiger partial charge in [-0.25, -0.2) is 14.0 Å². The highest BCUT2D eigenvalue weighted by Gasteiger charge is 2.13. The standard InChI is InChI=1S/C14H9FO4/c15-10-5-6-11(12(7-10)14(18)19)8-1-3-9(4-2-8)13(16)17/h1-7H,(H,16,17)(H,18,19). The van der Waals surface area contributed by atoms with Gasteiger partial charge < -0.3 is 10.2 Å². The molecular weight excluding hydrogens is 251 g/mol. The highest BCUT2D eigenvalue weighted by atomic mass is 19.1. The molecule has 4 nitrogen and oxygen atoms in total. The van der Waals surface area contributed by atoms with Crippen LogP contribution in [-0.4, -0.2) is 22.2 Å². The first kappa shape index (κ1) is 12.8. The van der Waals surface area contributed by atoms with E-state index in [9.17, 15) is 14.0 Å². The van der Waals surface area contributed by atoms with Gasteiger partial charge in [0.2, 0.25) is 0 Å². The predicted octanol–water partition coefficient (Wildman–Crippen LogP) is 2.89. The molecule has 0 bridgehead atoms. The van der Waals surface area contributed by atoms with E-state index in [0.717, 1.165) is 12.1 Å². The van der Waals surface area contributed by atoms with Gasteiger partial charge >= 0.3 is 11.9 Å². The number of hydrogen-bond donors (Lipinski definition) is 2. The zero-order valence-electron chi connectivity index (χ0n) is 9.63. The monoisotopic (exact) mass is 260 g/mol. The van der Waals surface area contributed by atoms with E-state index < -0.39 is 17.8 Å².